The third-order valence-corrected chi connectivity index (χ3v) is 7.39. The first kappa shape index (κ1) is 26.3. The fourth-order valence-corrected chi connectivity index (χ4v) is 5.29. The molecule has 3 N–H and O–H groups in total. The minimum absolute atomic E-state index is 0.0148. The van der Waals surface area contributed by atoms with Crippen molar-refractivity contribution in [2.24, 2.45) is 0 Å². The van der Waals surface area contributed by atoms with E-state index in [0.29, 0.717) is 16.3 Å². The number of thiophene rings is 1. The van der Waals surface area contributed by atoms with Crippen LogP contribution in [0.2, 0.25) is 5.15 Å². The average molecular weight is 556 g/mol. The maximum absolute atomic E-state index is 12.6. The molecule has 2 aromatic heterocycles. The number of aromatic nitrogens is 2. The second-order valence-corrected chi connectivity index (χ2v) is 10.2. The van der Waals surface area contributed by atoms with Crippen LogP contribution in [0.5, 0.6) is 0 Å². The molecule has 0 aliphatic carbocycles. The molecule has 0 aliphatic rings. The van der Waals surface area contributed by atoms with Crippen LogP contribution < -0.4 is 15.4 Å². The smallest absolute Gasteiger partial charge is 0.348 e. The molecule has 0 bridgehead atoms. The molecule has 3 rings (SSSR count). The SMILES string of the molecule is COC(=O)c1sc(NC(=S)Nc2ccc(S(=O)(=O)Nc3ccc(Cl)nn3)cc2)c(C(=O)OC)c1C. The van der Waals surface area contributed by atoms with Crippen LogP contribution in [0.4, 0.5) is 16.5 Å². The summed E-state index contributed by atoms with van der Waals surface area (Å²) in [7, 11) is -1.46. The maximum atomic E-state index is 12.6. The molecule has 0 radical (unpaired) electrons. The molecule has 0 aliphatic heterocycles. The fraction of sp³-hybridized carbons (Fsp3) is 0.150. The molecule has 0 fully saturated rings. The molecule has 2 heterocycles. The van der Waals surface area contributed by atoms with Crippen molar-refractivity contribution in [3.8, 4) is 0 Å². The van der Waals surface area contributed by atoms with Crippen LogP contribution >= 0.6 is 35.2 Å². The van der Waals surface area contributed by atoms with E-state index in [1.807, 2.05) is 0 Å². The van der Waals surface area contributed by atoms with Gasteiger partial charge < -0.3 is 20.1 Å². The van der Waals surface area contributed by atoms with Gasteiger partial charge in [0, 0.05) is 5.69 Å². The number of nitrogens with zero attached hydrogens (tertiary/aromatic N) is 2. The molecule has 1 aromatic carbocycles. The summed E-state index contributed by atoms with van der Waals surface area (Å²) in [5, 5.41) is 13.5. The van der Waals surface area contributed by atoms with E-state index in [-0.39, 0.29) is 31.4 Å². The molecule has 0 saturated carbocycles. The van der Waals surface area contributed by atoms with Crippen molar-refractivity contribution in [3.05, 3.63) is 57.6 Å². The molecule has 0 saturated heterocycles. The number of benzene rings is 1. The van der Waals surface area contributed by atoms with Crippen LogP contribution in [0.1, 0.15) is 25.6 Å². The zero-order valence-corrected chi connectivity index (χ0v) is 21.6. The molecule has 11 nitrogen and oxygen atoms in total. The van der Waals surface area contributed by atoms with Gasteiger partial charge in [-0.15, -0.1) is 21.5 Å². The van der Waals surface area contributed by atoms with E-state index in [0.717, 1.165) is 11.3 Å². The minimum atomic E-state index is -3.92. The molecule has 0 atom stereocenters. The number of esters is 2. The monoisotopic (exact) mass is 555 g/mol. The second kappa shape index (κ2) is 10.9. The summed E-state index contributed by atoms with van der Waals surface area (Å²) >= 11 is 12.0. The average Bonchev–Trinajstić information content (AvgIpc) is 3.15. The number of sulfonamides is 1. The lowest BCUT2D eigenvalue weighted by molar-refractivity contribution is 0.0601. The summed E-state index contributed by atoms with van der Waals surface area (Å²) < 4.78 is 37.0. The predicted octanol–water partition coefficient (Wildman–Crippen LogP) is 3.68. The van der Waals surface area contributed by atoms with Gasteiger partial charge in [-0.2, -0.15) is 0 Å². The molecular weight excluding hydrogens is 538 g/mol. The number of carbonyl (C=O) groups is 2. The Bertz CT molecular complexity index is 1380. The number of ether oxygens (including phenoxy) is 2. The highest BCUT2D eigenvalue weighted by Crippen LogP contribution is 2.34. The van der Waals surface area contributed by atoms with Gasteiger partial charge in [0.05, 0.1) is 24.7 Å². The van der Waals surface area contributed by atoms with E-state index < -0.39 is 22.0 Å². The Morgan fingerprint density at radius 3 is 2.23 bits per heavy atom. The van der Waals surface area contributed by atoms with Crippen molar-refractivity contribution in [1.82, 2.24) is 10.2 Å². The number of methoxy groups -OCH3 is 2. The maximum Gasteiger partial charge on any atom is 0.348 e. The molecule has 35 heavy (non-hydrogen) atoms. The quantitative estimate of drug-likeness (QED) is 0.289. The number of halogens is 1. The van der Waals surface area contributed by atoms with E-state index in [2.05, 4.69) is 25.6 Å². The Balaban J connectivity index is 1.74. The first-order valence-corrected chi connectivity index (χ1v) is 12.6. The van der Waals surface area contributed by atoms with Gasteiger partial charge in [-0.05, 0) is 61.1 Å². The summed E-state index contributed by atoms with van der Waals surface area (Å²) in [5.41, 5.74) is 1.01. The Hall–Kier alpha value is -3.33. The molecule has 15 heteroatoms. The van der Waals surface area contributed by atoms with Gasteiger partial charge in [-0.1, -0.05) is 11.6 Å². The lowest BCUT2D eigenvalue weighted by Gasteiger charge is -2.12. The Morgan fingerprint density at radius 1 is 1.00 bits per heavy atom. The van der Waals surface area contributed by atoms with Crippen molar-refractivity contribution in [2.75, 3.05) is 29.6 Å². The van der Waals surface area contributed by atoms with Gasteiger partial charge in [0.25, 0.3) is 10.0 Å². The fourth-order valence-electron chi connectivity index (χ4n) is 2.79. The van der Waals surface area contributed by atoms with Crippen molar-refractivity contribution >= 4 is 78.7 Å². The topological polar surface area (TPSA) is 149 Å². The van der Waals surface area contributed by atoms with Crippen LogP contribution in [0, 0.1) is 6.92 Å². The highest BCUT2D eigenvalue weighted by Gasteiger charge is 2.26. The number of nitrogens with one attached hydrogen (secondary N) is 3. The lowest BCUT2D eigenvalue weighted by Crippen LogP contribution is -2.20. The Morgan fingerprint density at radius 2 is 1.66 bits per heavy atom. The van der Waals surface area contributed by atoms with Gasteiger partial charge in [0.2, 0.25) is 0 Å². The van der Waals surface area contributed by atoms with Crippen molar-refractivity contribution in [2.45, 2.75) is 11.8 Å². The van der Waals surface area contributed by atoms with Crippen molar-refractivity contribution in [1.29, 1.82) is 0 Å². The Labute approximate surface area is 214 Å². The van der Waals surface area contributed by atoms with E-state index in [1.54, 1.807) is 6.92 Å². The molecular formula is C20H18ClN5O6S3. The van der Waals surface area contributed by atoms with Crippen LogP contribution in [0.25, 0.3) is 0 Å². The third kappa shape index (κ3) is 6.22. The summed E-state index contributed by atoms with van der Waals surface area (Å²) in [6, 6.07) is 8.51. The number of hydrogen-bond donors (Lipinski definition) is 3. The minimum Gasteiger partial charge on any atom is -0.465 e. The number of carbonyl (C=O) groups excluding carboxylic acids is 2. The van der Waals surface area contributed by atoms with E-state index in [1.165, 1.54) is 50.6 Å². The largest absolute Gasteiger partial charge is 0.465 e. The van der Waals surface area contributed by atoms with Gasteiger partial charge in [0.1, 0.15) is 9.88 Å². The van der Waals surface area contributed by atoms with Crippen LogP contribution in [0.15, 0.2) is 41.3 Å². The Kier molecular flexibility index (Phi) is 8.22. The molecule has 0 spiro atoms. The standard InChI is InChI=1S/C20H18ClN5O6S3/c1-10-15(18(27)31-2)17(34-16(10)19(28)32-3)23-20(33)22-11-4-6-12(7-5-11)35(29,30)26-14-9-8-13(21)24-25-14/h4-9H,1-3H3,(H,25,26)(H2,22,23,33). The van der Waals surface area contributed by atoms with Gasteiger partial charge >= 0.3 is 11.9 Å². The zero-order valence-electron chi connectivity index (χ0n) is 18.4. The number of rotatable bonds is 7. The van der Waals surface area contributed by atoms with Crippen molar-refractivity contribution < 1.29 is 27.5 Å². The van der Waals surface area contributed by atoms with Gasteiger partial charge in [-0.3, -0.25) is 4.72 Å². The normalized spacial score (nSPS) is 10.9. The van der Waals surface area contributed by atoms with Crippen LogP contribution in [-0.4, -0.2) is 49.9 Å². The third-order valence-electron chi connectivity index (χ3n) is 4.43. The van der Waals surface area contributed by atoms with E-state index >= 15 is 0 Å². The van der Waals surface area contributed by atoms with Crippen molar-refractivity contribution in [3.63, 3.8) is 0 Å². The molecule has 0 amide bonds. The summed E-state index contributed by atoms with van der Waals surface area (Å²) in [6.07, 6.45) is 0. The zero-order chi connectivity index (χ0) is 25.8. The highest BCUT2D eigenvalue weighted by molar-refractivity contribution is 7.92. The molecule has 3 aromatic rings. The number of anilines is 3. The number of thiocarbonyl (C=S) groups is 1. The second-order valence-electron chi connectivity index (χ2n) is 6.69. The summed E-state index contributed by atoms with van der Waals surface area (Å²) in [4.78, 5) is 24.5. The first-order chi connectivity index (χ1) is 16.6. The van der Waals surface area contributed by atoms with Gasteiger partial charge in [0.15, 0.2) is 16.1 Å². The van der Waals surface area contributed by atoms with E-state index in [9.17, 15) is 18.0 Å². The van der Waals surface area contributed by atoms with E-state index in [4.69, 9.17) is 33.3 Å². The first-order valence-electron chi connectivity index (χ1n) is 9.56. The lowest BCUT2D eigenvalue weighted by atomic mass is 10.1. The number of hydrogen-bond acceptors (Lipinski definition) is 10. The molecule has 0 unspecified atom stereocenters. The van der Waals surface area contributed by atoms with Gasteiger partial charge in [-0.25, -0.2) is 18.0 Å². The summed E-state index contributed by atoms with van der Waals surface area (Å²) in [5.74, 6) is -1.23. The molecule has 184 valence electrons. The highest BCUT2D eigenvalue weighted by atomic mass is 35.5. The summed E-state index contributed by atoms with van der Waals surface area (Å²) in [6.45, 7) is 1.60. The van der Waals surface area contributed by atoms with Crippen LogP contribution in [-0.2, 0) is 19.5 Å². The van der Waals surface area contributed by atoms with Crippen LogP contribution in [0.3, 0.4) is 0 Å². The predicted molar refractivity (Wildman–Crippen MR) is 136 cm³/mol.